The normalized spacial score (nSPS) is 21.8. The number of hydrogen-bond donors (Lipinski definition) is 0. The van der Waals surface area contributed by atoms with Crippen LogP contribution in [0.25, 0.3) is 0 Å². The van der Waals surface area contributed by atoms with E-state index < -0.39 is 11.8 Å². The second kappa shape index (κ2) is 14.7. The number of hydrogen-bond acceptors (Lipinski definition) is 4. The highest BCUT2D eigenvalue weighted by atomic mass is 16.5. The fourth-order valence-corrected chi connectivity index (χ4v) is 3.61. The fraction of sp³-hybridized carbons (Fsp3) is 0.826. The van der Waals surface area contributed by atoms with E-state index in [0.29, 0.717) is 13.2 Å². The number of rotatable bonds is 14. The van der Waals surface area contributed by atoms with Crippen LogP contribution in [0, 0.1) is 17.8 Å². The molecule has 0 amide bonds. The molecule has 0 aliphatic heterocycles. The summed E-state index contributed by atoms with van der Waals surface area (Å²) >= 11 is 0. The van der Waals surface area contributed by atoms with Crippen molar-refractivity contribution >= 4 is 11.9 Å². The van der Waals surface area contributed by atoms with Crippen molar-refractivity contribution in [3.05, 3.63) is 12.2 Å². The van der Waals surface area contributed by atoms with Crippen LogP contribution in [0.4, 0.5) is 0 Å². The minimum Gasteiger partial charge on any atom is -0.465 e. The Kier molecular flexibility index (Phi) is 12.9. The lowest BCUT2D eigenvalue weighted by Crippen LogP contribution is -2.37. The molecule has 156 valence electrons. The van der Waals surface area contributed by atoms with Crippen molar-refractivity contribution in [1.82, 2.24) is 0 Å². The van der Waals surface area contributed by atoms with Gasteiger partial charge in [-0.3, -0.25) is 9.59 Å². The minimum absolute atomic E-state index is 0.102. The first-order valence-electron chi connectivity index (χ1n) is 11.1. The van der Waals surface area contributed by atoms with E-state index >= 15 is 0 Å². The van der Waals surface area contributed by atoms with Crippen LogP contribution < -0.4 is 0 Å². The number of allylic oxidation sites excluding steroid dienone is 1. The summed E-state index contributed by atoms with van der Waals surface area (Å²) in [5.41, 5.74) is 0. The Morgan fingerprint density at radius 3 is 1.89 bits per heavy atom. The standard InChI is InChI=1S/C23H40O4/c1-4-6-8-10-12-17-26-22(24)20-16-14-15-19(3)21(20)23(25)27-18-13-11-9-7-5-2/h14,16,19-21H,4-13,15,17-18H2,1-3H3. The van der Waals surface area contributed by atoms with Crippen LogP contribution in [0.15, 0.2) is 12.2 Å². The lowest BCUT2D eigenvalue weighted by molar-refractivity contribution is -0.161. The summed E-state index contributed by atoms with van der Waals surface area (Å²) in [4.78, 5) is 25.1. The molecule has 4 nitrogen and oxygen atoms in total. The second-order valence-electron chi connectivity index (χ2n) is 7.86. The van der Waals surface area contributed by atoms with Gasteiger partial charge < -0.3 is 9.47 Å². The zero-order valence-electron chi connectivity index (χ0n) is 17.7. The van der Waals surface area contributed by atoms with Gasteiger partial charge in [-0.25, -0.2) is 0 Å². The van der Waals surface area contributed by atoms with E-state index in [-0.39, 0.29) is 17.9 Å². The van der Waals surface area contributed by atoms with E-state index in [1.807, 2.05) is 19.1 Å². The van der Waals surface area contributed by atoms with Crippen molar-refractivity contribution in [3.63, 3.8) is 0 Å². The van der Waals surface area contributed by atoms with E-state index in [9.17, 15) is 9.59 Å². The van der Waals surface area contributed by atoms with Crippen LogP contribution in [-0.4, -0.2) is 25.2 Å². The van der Waals surface area contributed by atoms with E-state index in [1.165, 1.54) is 38.5 Å². The predicted octanol–water partition coefficient (Wildman–Crippen LogP) is 5.84. The molecule has 4 heteroatoms. The number of carbonyl (C=O) groups excluding carboxylic acids is 2. The molecule has 0 radical (unpaired) electrons. The zero-order valence-corrected chi connectivity index (χ0v) is 17.7. The lowest BCUT2D eigenvalue weighted by Gasteiger charge is -2.29. The maximum Gasteiger partial charge on any atom is 0.313 e. The summed E-state index contributed by atoms with van der Waals surface area (Å²) in [5, 5.41) is 0. The van der Waals surface area contributed by atoms with Crippen LogP contribution in [0.2, 0.25) is 0 Å². The Morgan fingerprint density at radius 2 is 1.33 bits per heavy atom. The maximum absolute atomic E-state index is 12.6. The first-order chi connectivity index (χ1) is 13.1. The van der Waals surface area contributed by atoms with E-state index in [2.05, 4.69) is 13.8 Å². The van der Waals surface area contributed by atoms with Crippen molar-refractivity contribution in [2.45, 2.75) is 91.4 Å². The molecule has 0 aromatic heterocycles. The van der Waals surface area contributed by atoms with Gasteiger partial charge in [-0.05, 0) is 25.2 Å². The molecule has 0 saturated carbocycles. The average Bonchev–Trinajstić information content (AvgIpc) is 2.66. The summed E-state index contributed by atoms with van der Waals surface area (Å²) < 4.78 is 11.0. The fourth-order valence-electron chi connectivity index (χ4n) is 3.61. The monoisotopic (exact) mass is 380 g/mol. The van der Waals surface area contributed by atoms with Gasteiger partial charge in [0.15, 0.2) is 0 Å². The highest BCUT2D eigenvalue weighted by molar-refractivity contribution is 5.84. The molecule has 0 aromatic rings. The Bertz CT molecular complexity index is 444. The topological polar surface area (TPSA) is 52.6 Å². The molecule has 1 aliphatic carbocycles. The third-order valence-corrected chi connectivity index (χ3v) is 5.38. The molecule has 0 saturated heterocycles. The molecule has 1 aliphatic rings. The Hall–Kier alpha value is -1.32. The van der Waals surface area contributed by atoms with Gasteiger partial charge in [-0.1, -0.05) is 84.3 Å². The molecule has 27 heavy (non-hydrogen) atoms. The smallest absolute Gasteiger partial charge is 0.313 e. The molecule has 0 bridgehead atoms. The maximum atomic E-state index is 12.6. The largest absolute Gasteiger partial charge is 0.465 e. The number of unbranched alkanes of at least 4 members (excludes halogenated alkanes) is 8. The van der Waals surface area contributed by atoms with Crippen molar-refractivity contribution in [2.75, 3.05) is 13.2 Å². The molecule has 0 spiro atoms. The molecule has 3 unspecified atom stereocenters. The lowest BCUT2D eigenvalue weighted by atomic mass is 9.76. The molecule has 0 heterocycles. The summed E-state index contributed by atoms with van der Waals surface area (Å²) in [6.07, 6.45) is 15.8. The van der Waals surface area contributed by atoms with Gasteiger partial charge in [0.25, 0.3) is 0 Å². The predicted molar refractivity (Wildman–Crippen MR) is 109 cm³/mol. The Morgan fingerprint density at radius 1 is 0.815 bits per heavy atom. The zero-order chi connectivity index (χ0) is 19.9. The van der Waals surface area contributed by atoms with Crippen LogP contribution >= 0.6 is 0 Å². The quantitative estimate of drug-likeness (QED) is 0.216. The van der Waals surface area contributed by atoms with Gasteiger partial charge in [0.1, 0.15) is 0 Å². The van der Waals surface area contributed by atoms with E-state index in [1.54, 1.807) is 0 Å². The van der Waals surface area contributed by atoms with Crippen LogP contribution in [-0.2, 0) is 19.1 Å². The first kappa shape index (κ1) is 23.7. The van der Waals surface area contributed by atoms with Gasteiger partial charge in [-0.15, -0.1) is 0 Å². The van der Waals surface area contributed by atoms with Crippen molar-refractivity contribution in [1.29, 1.82) is 0 Å². The molecule has 3 atom stereocenters. The van der Waals surface area contributed by atoms with Crippen molar-refractivity contribution < 1.29 is 19.1 Å². The summed E-state index contributed by atoms with van der Waals surface area (Å²) in [6, 6.07) is 0. The average molecular weight is 381 g/mol. The van der Waals surface area contributed by atoms with Gasteiger partial charge in [0.2, 0.25) is 0 Å². The molecule has 1 rings (SSSR count). The number of esters is 2. The van der Waals surface area contributed by atoms with Gasteiger partial charge in [-0.2, -0.15) is 0 Å². The van der Waals surface area contributed by atoms with Crippen LogP contribution in [0.5, 0.6) is 0 Å². The van der Waals surface area contributed by atoms with Gasteiger partial charge in [0.05, 0.1) is 25.0 Å². The molecular formula is C23H40O4. The molecule has 0 N–H and O–H groups in total. The minimum atomic E-state index is -0.503. The molecule has 0 fully saturated rings. The van der Waals surface area contributed by atoms with Gasteiger partial charge in [0, 0.05) is 0 Å². The number of ether oxygens (including phenoxy) is 2. The van der Waals surface area contributed by atoms with Gasteiger partial charge >= 0.3 is 11.9 Å². The third kappa shape index (κ3) is 9.44. The van der Waals surface area contributed by atoms with Crippen LogP contribution in [0.1, 0.15) is 91.4 Å². The summed E-state index contributed by atoms with van der Waals surface area (Å²) in [6.45, 7) is 7.28. The summed E-state index contributed by atoms with van der Waals surface area (Å²) in [5.74, 6) is -1.34. The highest BCUT2D eigenvalue weighted by Gasteiger charge is 2.39. The SMILES string of the molecule is CCCCCCCOC(=O)C1C=CCC(C)C1C(=O)OCCCCCCC. The van der Waals surface area contributed by atoms with Crippen molar-refractivity contribution in [2.24, 2.45) is 17.8 Å². The molecule has 0 aromatic carbocycles. The van der Waals surface area contributed by atoms with E-state index in [0.717, 1.165) is 32.1 Å². The Balaban J connectivity index is 2.41. The second-order valence-corrected chi connectivity index (χ2v) is 7.86. The van der Waals surface area contributed by atoms with E-state index in [4.69, 9.17) is 9.47 Å². The number of carbonyl (C=O) groups is 2. The third-order valence-electron chi connectivity index (χ3n) is 5.38. The summed E-state index contributed by atoms with van der Waals surface area (Å²) in [7, 11) is 0. The van der Waals surface area contributed by atoms with Crippen molar-refractivity contribution in [3.8, 4) is 0 Å². The first-order valence-corrected chi connectivity index (χ1v) is 11.1. The molecular weight excluding hydrogens is 340 g/mol. The Labute approximate surface area is 166 Å². The highest BCUT2D eigenvalue weighted by Crippen LogP contribution is 2.32. The van der Waals surface area contributed by atoms with Crippen LogP contribution in [0.3, 0.4) is 0 Å².